The summed E-state index contributed by atoms with van der Waals surface area (Å²) < 4.78 is 7.96. The van der Waals surface area contributed by atoms with E-state index in [0.717, 1.165) is 36.1 Å². The number of hydrogen-bond acceptors (Lipinski definition) is 3. The molecule has 17 heavy (non-hydrogen) atoms. The summed E-state index contributed by atoms with van der Waals surface area (Å²) in [6.07, 6.45) is 3.18. The van der Waals surface area contributed by atoms with E-state index in [1.165, 1.54) is 0 Å². The molecule has 3 rings (SSSR count). The standard InChI is InChI=1S/C11H13BrN2O3/c12-8-7-3-1-2-4-14(7)9(13-8)11(10(15)16)5-17-6-11/h1-6H2,(H,15,16). The highest BCUT2D eigenvalue weighted by Crippen LogP contribution is 2.36. The minimum atomic E-state index is -0.932. The highest BCUT2D eigenvalue weighted by atomic mass is 79.9. The first-order valence-corrected chi connectivity index (χ1v) is 6.51. The average Bonchev–Trinajstić information content (AvgIpc) is 2.56. The molecule has 0 aliphatic carbocycles. The lowest BCUT2D eigenvalue weighted by Gasteiger charge is -2.37. The van der Waals surface area contributed by atoms with Crippen LogP contribution in [0, 0.1) is 0 Å². The van der Waals surface area contributed by atoms with Gasteiger partial charge in [0, 0.05) is 6.54 Å². The van der Waals surface area contributed by atoms with E-state index in [0.29, 0.717) is 5.82 Å². The van der Waals surface area contributed by atoms with Gasteiger partial charge in [-0.3, -0.25) is 4.79 Å². The van der Waals surface area contributed by atoms with Gasteiger partial charge < -0.3 is 14.4 Å². The Morgan fingerprint density at radius 1 is 1.47 bits per heavy atom. The fourth-order valence-electron chi connectivity index (χ4n) is 2.52. The van der Waals surface area contributed by atoms with Crippen molar-refractivity contribution >= 4 is 21.9 Å². The number of fused-ring (bicyclic) bond motifs is 1. The van der Waals surface area contributed by atoms with Crippen LogP contribution < -0.4 is 0 Å². The molecular formula is C11H13BrN2O3. The monoisotopic (exact) mass is 300 g/mol. The van der Waals surface area contributed by atoms with Crippen molar-refractivity contribution in [1.29, 1.82) is 0 Å². The molecule has 5 nitrogen and oxygen atoms in total. The van der Waals surface area contributed by atoms with E-state index in [9.17, 15) is 9.90 Å². The van der Waals surface area contributed by atoms with Crippen molar-refractivity contribution < 1.29 is 14.6 Å². The number of nitrogens with zero attached hydrogens (tertiary/aromatic N) is 2. The summed E-state index contributed by atoms with van der Waals surface area (Å²) in [7, 11) is 0. The Balaban J connectivity index is 2.11. The Hall–Kier alpha value is -0.880. The predicted molar refractivity (Wildman–Crippen MR) is 63.0 cm³/mol. The van der Waals surface area contributed by atoms with Gasteiger partial charge in [-0.05, 0) is 35.2 Å². The van der Waals surface area contributed by atoms with Crippen LogP contribution in [0.3, 0.4) is 0 Å². The van der Waals surface area contributed by atoms with Crippen molar-refractivity contribution in [2.75, 3.05) is 13.2 Å². The normalized spacial score (nSPS) is 21.7. The van der Waals surface area contributed by atoms with E-state index in [1.807, 2.05) is 0 Å². The number of aliphatic carboxylic acids is 1. The third kappa shape index (κ3) is 1.47. The number of ether oxygens (including phenoxy) is 1. The molecule has 1 aromatic rings. The van der Waals surface area contributed by atoms with Crippen LogP contribution in [0.1, 0.15) is 24.4 Å². The molecule has 0 unspecified atom stereocenters. The predicted octanol–water partition coefficient (Wildman–Crippen LogP) is 1.33. The lowest BCUT2D eigenvalue weighted by atomic mass is 9.85. The molecule has 2 aliphatic heterocycles. The SMILES string of the molecule is O=C(O)C1(c2nc(Br)c3n2CCCC3)COC1. The van der Waals surface area contributed by atoms with Crippen molar-refractivity contribution in [2.45, 2.75) is 31.2 Å². The number of carboxylic acid groups (broad SMARTS) is 1. The second kappa shape index (κ2) is 3.81. The largest absolute Gasteiger partial charge is 0.480 e. The maximum Gasteiger partial charge on any atom is 0.322 e. The lowest BCUT2D eigenvalue weighted by molar-refractivity contribution is -0.164. The smallest absolute Gasteiger partial charge is 0.322 e. The average molecular weight is 301 g/mol. The van der Waals surface area contributed by atoms with Gasteiger partial charge in [-0.2, -0.15) is 0 Å². The molecule has 1 saturated heterocycles. The van der Waals surface area contributed by atoms with Crippen molar-refractivity contribution in [3.05, 3.63) is 16.1 Å². The van der Waals surface area contributed by atoms with Crippen LogP contribution in [0.4, 0.5) is 0 Å². The minimum Gasteiger partial charge on any atom is -0.480 e. The minimum absolute atomic E-state index is 0.227. The van der Waals surface area contributed by atoms with Gasteiger partial charge in [0.1, 0.15) is 10.4 Å². The summed E-state index contributed by atoms with van der Waals surface area (Å²) in [5.41, 5.74) is 0.191. The first-order valence-electron chi connectivity index (χ1n) is 5.72. The van der Waals surface area contributed by atoms with E-state index in [2.05, 4.69) is 25.5 Å². The third-order valence-electron chi connectivity index (χ3n) is 3.60. The van der Waals surface area contributed by atoms with Gasteiger partial charge in [-0.25, -0.2) is 4.98 Å². The van der Waals surface area contributed by atoms with Crippen LogP contribution in [-0.4, -0.2) is 33.8 Å². The zero-order chi connectivity index (χ0) is 12.0. The summed E-state index contributed by atoms with van der Waals surface area (Å²) in [4.78, 5) is 15.9. The summed E-state index contributed by atoms with van der Waals surface area (Å²) in [6.45, 7) is 1.31. The van der Waals surface area contributed by atoms with Gasteiger partial charge in [-0.15, -0.1) is 0 Å². The fourth-order valence-corrected chi connectivity index (χ4v) is 3.10. The Morgan fingerprint density at radius 3 is 2.82 bits per heavy atom. The summed E-state index contributed by atoms with van der Waals surface area (Å²) in [5, 5.41) is 9.40. The number of aromatic nitrogens is 2. The highest BCUT2D eigenvalue weighted by molar-refractivity contribution is 9.10. The second-order valence-corrected chi connectivity index (χ2v) is 5.41. The summed E-state index contributed by atoms with van der Waals surface area (Å²) in [5.74, 6) is -0.188. The van der Waals surface area contributed by atoms with Gasteiger partial charge in [0.15, 0.2) is 5.41 Å². The van der Waals surface area contributed by atoms with Crippen LogP contribution >= 0.6 is 15.9 Å². The van der Waals surface area contributed by atoms with Crippen LogP contribution in [-0.2, 0) is 27.9 Å². The Morgan fingerprint density at radius 2 is 2.24 bits per heavy atom. The summed E-state index contributed by atoms with van der Waals surface area (Å²) in [6, 6.07) is 0. The molecular weight excluding hydrogens is 288 g/mol. The summed E-state index contributed by atoms with van der Waals surface area (Å²) >= 11 is 3.43. The molecule has 92 valence electrons. The van der Waals surface area contributed by atoms with Crippen LogP contribution in [0.15, 0.2) is 4.60 Å². The first-order chi connectivity index (χ1) is 8.15. The van der Waals surface area contributed by atoms with E-state index >= 15 is 0 Å². The fraction of sp³-hybridized carbons (Fsp3) is 0.636. The molecule has 0 atom stereocenters. The zero-order valence-electron chi connectivity index (χ0n) is 9.28. The van der Waals surface area contributed by atoms with Crippen LogP contribution in [0.5, 0.6) is 0 Å². The number of imidazole rings is 1. The van der Waals surface area contributed by atoms with Crippen molar-refractivity contribution in [1.82, 2.24) is 9.55 Å². The van der Waals surface area contributed by atoms with Gasteiger partial charge in [-0.1, -0.05) is 0 Å². The topological polar surface area (TPSA) is 64.3 Å². The molecule has 0 radical (unpaired) electrons. The molecule has 0 spiro atoms. The van der Waals surface area contributed by atoms with E-state index < -0.39 is 11.4 Å². The maximum atomic E-state index is 11.5. The molecule has 1 fully saturated rings. The number of rotatable bonds is 2. The van der Waals surface area contributed by atoms with Crippen molar-refractivity contribution in [3.8, 4) is 0 Å². The Bertz CT molecular complexity index is 479. The molecule has 0 bridgehead atoms. The van der Waals surface area contributed by atoms with Crippen molar-refractivity contribution in [3.63, 3.8) is 0 Å². The molecule has 0 amide bonds. The zero-order valence-corrected chi connectivity index (χ0v) is 10.9. The van der Waals surface area contributed by atoms with E-state index in [4.69, 9.17) is 4.74 Å². The Labute approximate surface area is 107 Å². The number of carboxylic acids is 1. The van der Waals surface area contributed by atoms with Crippen LogP contribution in [0.25, 0.3) is 0 Å². The number of hydrogen-bond donors (Lipinski definition) is 1. The highest BCUT2D eigenvalue weighted by Gasteiger charge is 2.52. The van der Waals surface area contributed by atoms with Gasteiger partial charge in [0.05, 0.1) is 18.9 Å². The first kappa shape index (κ1) is 11.2. The maximum absolute atomic E-state index is 11.5. The van der Waals surface area contributed by atoms with E-state index in [1.54, 1.807) is 0 Å². The lowest BCUT2D eigenvalue weighted by Crippen LogP contribution is -2.54. The molecule has 1 aromatic heterocycles. The van der Waals surface area contributed by atoms with E-state index in [-0.39, 0.29) is 13.2 Å². The second-order valence-electron chi connectivity index (χ2n) is 4.66. The molecule has 6 heteroatoms. The van der Waals surface area contributed by atoms with Gasteiger partial charge in [0.25, 0.3) is 0 Å². The molecule has 0 saturated carbocycles. The third-order valence-corrected chi connectivity index (χ3v) is 4.24. The molecule has 1 N–H and O–H groups in total. The Kier molecular flexibility index (Phi) is 2.52. The van der Waals surface area contributed by atoms with Crippen molar-refractivity contribution in [2.24, 2.45) is 0 Å². The van der Waals surface area contributed by atoms with Crippen LogP contribution in [0.2, 0.25) is 0 Å². The number of halogens is 1. The van der Waals surface area contributed by atoms with Gasteiger partial charge in [0.2, 0.25) is 0 Å². The molecule has 3 heterocycles. The molecule has 2 aliphatic rings. The van der Waals surface area contributed by atoms with Gasteiger partial charge >= 0.3 is 5.97 Å². The number of carbonyl (C=O) groups is 1. The molecule has 0 aromatic carbocycles. The quantitative estimate of drug-likeness (QED) is 0.895.